The van der Waals surface area contributed by atoms with Crippen LogP contribution in [0.2, 0.25) is 0 Å². The third-order valence-corrected chi connectivity index (χ3v) is 6.93. The first-order valence-corrected chi connectivity index (χ1v) is 12.8. The van der Waals surface area contributed by atoms with E-state index >= 15 is 0 Å². The minimum Gasteiger partial charge on any atom is -0.398 e. The fourth-order valence-corrected chi connectivity index (χ4v) is 4.48. The van der Waals surface area contributed by atoms with Crippen molar-refractivity contribution in [3.8, 4) is 11.1 Å². The number of amides is 1. The summed E-state index contributed by atoms with van der Waals surface area (Å²) in [5.74, 6) is -0.528. The van der Waals surface area contributed by atoms with Crippen molar-refractivity contribution in [1.82, 2.24) is 0 Å². The van der Waals surface area contributed by atoms with Gasteiger partial charge in [0.15, 0.2) is 0 Å². The molecule has 0 fully saturated rings. The highest BCUT2D eigenvalue weighted by Crippen LogP contribution is 2.37. The maximum atomic E-state index is 11.7. The summed E-state index contributed by atoms with van der Waals surface area (Å²) in [6, 6.07) is 30.7. The molecule has 33 heavy (non-hydrogen) atoms. The molecule has 0 saturated carbocycles. The van der Waals surface area contributed by atoms with Crippen LogP contribution in [0.3, 0.4) is 0 Å². The molecule has 4 N–H and O–H groups in total. The van der Waals surface area contributed by atoms with E-state index in [0.717, 1.165) is 28.2 Å². The van der Waals surface area contributed by atoms with Gasteiger partial charge in [0.2, 0.25) is 0 Å². The number of carbonyl (C=O) groups excluding carboxylic acids is 1. The second-order valence-corrected chi connectivity index (χ2v) is 9.20. The predicted molar refractivity (Wildman–Crippen MR) is 143 cm³/mol. The van der Waals surface area contributed by atoms with E-state index in [2.05, 4.69) is 78.1 Å². The van der Waals surface area contributed by atoms with Gasteiger partial charge in [-0.1, -0.05) is 18.2 Å². The lowest BCUT2D eigenvalue weighted by Crippen LogP contribution is -2.13. The van der Waals surface area contributed by atoms with Crippen LogP contribution in [-0.4, -0.2) is 18.4 Å². The summed E-state index contributed by atoms with van der Waals surface area (Å²) in [6.45, 7) is 0. The van der Waals surface area contributed by atoms with E-state index in [-0.39, 0.29) is 0 Å². The molecule has 0 aliphatic carbocycles. The number of nitrogen functional groups attached to an aromatic ring is 1. The Hall–Kier alpha value is -3.35. The van der Waals surface area contributed by atoms with Gasteiger partial charge in [-0.15, -0.1) is 23.5 Å². The monoisotopic (exact) mass is 471 g/mol. The van der Waals surface area contributed by atoms with Crippen molar-refractivity contribution in [3.63, 3.8) is 0 Å². The Morgan fingerprint density at radius 1 is 0.667 bits per heavy atom. The summed E-state index contributed by atoms with van der Waals surface area (Å²) >= 11 is 3.45. The summed E-state index contributed by atoms with van der Waals surface area (Å²) < 4.78 is 0. The Bertz CT molecular complexity index is 1210. The van der Waals surface area contributed by atoms with Crippen LogP contribution < -0.4 is 16.4 Å². The van der Waals surface area contributed by atoms with E-state index in [9.17, 15) is 4.79 Å². The number of anilines is 4. The van der Waals surface area contributed by atoms with Gasteiger partial charge >= 0.3 is 0 Å². The standard InChI is InChI=1S/C27H25N3OS2/c1-32-23-12-8-21(9-13-23)30(22-10-14-24(33-2)15-11-22)20-6-3-18(4-7-20)19-5-16-26(28)25(17-19)27(29)31/h3-17H,28H2,1-2H3,(H2,29,31). The molecule has 0 aliphatic heterocycles. The number of carbonyl (C=O) groups is 1. The smallest absolute Gasteiger partial charge is 0.250 e. The van der Waals surface area contributed by atoms with E-state index in [1.807, 2.05) is 18.2 Å². The maximum Gasteiger partial charge on any atom is 0.250 e. The fraction of sp³-hybridized carbons (Fsp3) is 0.0741. The Balaban J connectivity index is 1.74. The molecule has 4 aromatic carbocycles. The zero-order valence-corrected chi connectivity index (χ0v) is 20.1. The number of benzene rings is 4. The van der Waals surface area contributed by atoms with Gasteiger partial charge in [0.25, 0.3) is 5.91 Å². The molecule has 0 heterocycles. The first-order valence-electron chi connectivity index (χ1n) is 10.4. The van der Waals surface area contributed by atoms with Crippen LogP contribution in [0, 0.1) is 0 Å². The molecule has 1 amide bonds. The number of hydrogen-bond acceptors (Lipinski definition) is 5. The third kappa shape index (κ3) is 5.02. The lowest BCUT2D eigenvalue weighted by molar-refractivity contribution is 0.100. The molecule has 0 saturated heterocycles. The van der Waals surface area contributed by atoms with E-state index in [0.29, 0.717) is 11.3 Å². The highest BCUT2D eigenvalue weighted by atomic mass is 32.2. The third-order valence-electron chi connectivity index (χ3n) is 5.44. The number of thioether (sulfide) groups is 2. The normalized spacial score (nSPS) is 10.7. The SMILES string of the molecule is CSc1ccc(N(c2ccc(SC)cc2)c2ccc(-c3ccc(N)c(C(N)=O)c3)cc2)cc1. The molecule has 0 unspecified atom stereocenters. The van der Waals surface area contributed by atoms with Gasteiger partial charge in [-0.25, -0.2) is 0 Å². The second-order valence-electron chi connectivity index (χ2n) is 7.44. The van der Waals surface area contributed by atoms with Crippen LogP contribution in [0.25, 0.3) is 11.1 Å². The summed E-state index contributed by atoms with van der Waals surface area (Å²) in [7, 11) is 0. The van der Waals surface area contributed by atoms with Crippen LogP contribution in [-0.2, 0) is 0 Å². The van der Waals surface area contributed by atoms with Crippen molar-refractivity contribution in [2.75, 3.05) is 23.1 Å². The molecule has 0 spiro atoms. The largest absolute Gasteiger partial charge is 0.398 e. The van der Waals surface area contributed by atoms with Crippen molar-refractivity contribution in [1.29, 1.82) is 0 Å². The van der Waals surface area contributed by atoms with E-state index in [4.69, 9.17) is 11.5 Å². The quantitative estimate of drug-likeness (QED) is 0.225. The number of primary amides is 1. The van der Waals surface area contributed by atoms with Crippen molar-refractivity contribution in [3.05, 3.63) is 96.6 Å². The first-order chi connectivity index (χ1) is 16.0. The second kappa shape index (κ2) is 10.1. The van der Waals surface area contributed by atoms with E-state index in [1.54, 1.807) is 35.7 Å². The van der Waals surface area contributed by atoms with E-state index < -0.39 is 5.91 Å². The van der Waals surface area contributed by atoms with Gasteiger partial charge in [-0.2, -0.15) is 0 Å². The zero-order valence-electron chi connectivity index (χ0n) is 18.5. The van der Waals surface area contributed by atoms with Crippen molar-refractivity contribution >= 4 is 52.2 Å². The number of nitrogens with two attached hydrogens (primary N) is 2. The highest BCUT2D eigenvalue weighted by Gasteiger charge is 2.14. The van der Waals surface area contributed by atoms with Crippen molar-refractivity contribution < 1.29 is 4.79 Å². The fourth-order valence-electron chi connectivity index (χ4n) is 3.66. The highest BCUT2D eigenvalue weighted by molar-refractivity contribution is 7.98. The van der Waals surface area contributed by atoms with Gasteiger partial charge in [-0.05, 0) is 96.4 Å². The van der Waals surface area contributed by atoms with Gasteiger partial charge in [0.05, 0.1) is 5.56 Å². The summed E-state index contributed by atoms with van der Waals surface area (Å²) in [5.41, 5.74) is 17.2. The van der Waals surface area contributed by atoms with Crippen LogP contribution in [0.4, 0.5) is 22.7 Å². The Morgan fingerprint density at radius 2 is 1.09 bits per heavy atom. The van der Waals surface area contributed by atoms with Crippen LogP contribution in [0.1, 0.15) is 10.4 Å². The Morgan fingerprint density at radius 3 is 1.52 bits per heavy atom. The topological polar surface area (TPSA) is 72.3 Å². The summed E-state index contributed by atoms with van der Waals surface area (Å²) in [5, 5.41) is 0. The lowest BCUT2D eigenvalue weighted by atomic mass is 10.0. The number of nitrogens with zero attached hydrogens (tertiary/aromatic N) is 1. The van der Waals surface area contributed by atoms with Crippen molar-refractivity contribution in [2.24, 2.45) is 5.73 Å². The molecule has 4 rings (SSSR count). The predicted octanol–water partition coefficient (Wildman–Crippen LogP) is 6.95. The van der Waals surface area contributed by atoms with E-state index in [1.165, 1.54) is 9.79 Å². The van der Waals surface area contributed by atoms with Gasteiger partial charge in [-0.3, -0.25) is 4.79 Å². The molecule has 6 heteroatoms. The molecular weight excluding hydrogens is 446 g/mol. The summed E-state index contributed by atoms with van der Waals surface area (Å²) in [4.78, 5) is 16.4. The average Bonchev–Trinajstić information content (AvgIpc) is 2.85. The molecule has 166 valence electrons. The zero-order chi connectivity index (χ0) is 23.4. The maximum absolute atomic E-state index is 11.7. The molecule has 0 aliphatic rings. The molecule has 0 atom stereocenters. The van der Waals surface area contributed by atoms with Crippen LogP contribution in [0.5, 0.6) is 0 Å². The van der Waals surface area contributed by atoms with Gasteiger partial charge < -0.3 is 16.4 Å². The molecule has 4 aromatic rings. The average molecular weight is 472 g/mol. The Kier molecular flexibility index (Phi) is 6.96. The molecule has 0 aromatic heterocycles. The van der Waals surface area contributed by atoms with Crippen LogP contribution >= 0.6 is 23.5 Å². The van der Waals surface area contributed by atoms with Crippen LogP contribution in [0.15, 0.2) is 101 Å². The minimum atomic E-state index is -0.528. The lowest BCUT2D eigenvalue weighted by Gasteiger charge is -2.26. The molecule has 0 bridgehead atoms. The van der Waals surface area contributed by atoms with Gasteiger partial charge in [0, 0.05) is 32.5 Å². The summed E-state index contributed by atoms with van der Waals surface area (Å²) in [6.07, 6.45) is 4.15. The molecular formula is C27H25N3OS2. The van der Waals surface area contributed by atoms with Gasteiger partial charge in [0.1, 0.15) is 0 Å². The molecule has 0 radical (unpaired) electrons. The minimum absolute atomic E-state index is 0.334. The number of hydrogen-bond donors (Lipinski definition) is 2. The molecule has 4 nitrogen and oxygen atoms in total. The first kappa shape index (κ1) is 22.8. The van der Waals surface area contributed by atoms with Crippen molar-refractivity contribution in [2.45, 2.75) is 9.79 Å². The number of rotatable bonds is 7. The Labute approximate surface area is 203 Å².